The van der Waals surface area contributed by atoms with Gasteiger partial charge in [0.1, 0.15) is 0 Å². The number of alkyl halides is 4. The fourth-order valence-electron chi connectivity index (χ4n) is 1.33. The number of allylic oxidation sites excluding steroid dienone is 1. The van der Waals surface area contributed by atoms with E-state index in [1.165, 1.54) is 12.2 Å². The van der Waals surface area contributed by atoms with Gasteiger partial charge in [-0.3, -0.25) is 10.1 Å². The molecule has 0 aliphatic carbocycles. The molecule has 1 rings (SSSR count). The molecule has 1 aromatic carbocycles. The molecule has 0 fully saturated rings. The highest BCUT2D eigenvalue weighted by molar-refractivity contribution is 9.09. The maximum absolute atomic E-state index is 12.7. The number of nitro groups is 1. The van der Waals surface area contributed by atoms with Crippen molar-refractivity contribution in [2.75, 3.05) is 5.33 Å². The second-order valence-corrected chi connectivity index (χ2v) is 4.20. The van der Waals surface area contributed by atoms with Gasteiger partial charge in [0.2, 0.25) is 0 Å². The maximum Gasteiger partial charge on any atom is 0.416 e. The van der Waals surface area contributed by atoms with Gasteiger partial charge in [-0.1, -0.05) is 28.1 Å². The minimum Gasteiger partial charge on any atom is -0.258 e. The zero-order valence-corrected chi connectivity index (χ0v) is 10.7. The van der Waals surface area contributed by atoms with Gasteiger partial charge in [-0.15, -0.1) is 0 Å². The zero-order valence-electron chi connectivity index (χ0n) is 9.08. The maximum atomic E-state index is 12.7. The normalized spacial score (nSPS) is 12.0. The smallest absolute Gasteiger partial charge is 0.258 e. The van der Waals surface area contributed by atoms with Gasteiger partial charge in [0.05, 0.1) is 10.5 Å². The van der Waals surface area contributed by atoms with Crippen LogP contribution in [0, 0.1) is 10.1 Å². The number of nitro benzene ring substituents is 1. The number of non-ortho nitro benzene ring substituents is 1. The van der Waals surface area contributed by atoms with Gasteiger partial charge in [-0.05, 0) is 18.1 Å². The number of benzene rings is 1. The Hall–Kier alpha value is -1.37. The Balaban J connectivity index is 3.22. The van der Waals surface area contributed by atoms with Crippen LogP contribution in [-0.2, 0) is 6.18 Å². The molecule has 0 aromatic heterocycles. The average molecular weight is 324 g/mol. The first-order valence-corrected chi connectivity index (χ1v) is 6.06. The average Bonchev–Trinajstić information content (AvgIpc) is 2.27. The van der Waals surface area contributed by atoms with Crippen LogP contribution >= 0.6 is 15.9 Å². The summed E-state index contributed by atoms with van der Waals surface area (Å²) in [6.07, 6.45) is -1.21. The molecule has 0 aliphatic rings. The largest absolute Gasteiger partial charge is 0.416 e. The number of nitrogens with zero attached hydrogens (tertiary/aromatic N) is 1. The van der Waals surface area contributed by atoms with Crippen LogP contribution in [-0.4, -0.2) is 10.3 Å². The summed E-state index contributed by atoms with van der Waals surface area (Å²) in [6.45, 7) is 0. The summed E-state index contributed by atoms with van der Waals surface area (Å²) in [5.74, 6) is 0. The highest BCUT2D eigenvalue weighted by Crippen LogP contribution is 2.34. The molecule has 7 heteroatoms. The third-order valence-electron chi connectivity index (χ3n) is 2.12. The fourth-order valence-corrected chi connectivity index (χ4v) is 1.60. The van der Waals surface area contributed by atoms with Crippen molar-refractivity contribution in [1.29, 1.82) is 0 Å². The molecule has 98 valence electrons. The second-order valence-electron chi connectivity index (χ2n) is 3.41. The minimum atomic E-state index is -4.52. The summed E-state index contributed by atoms with van der Waals surface area (Å²) >= 11 is 3.14. The van der Waals surface area contributed by atoms with Gasteiger partial charge in [0, 0.05) is 17.5 Å². The predicted octanol–water partition coefficient (Wildman–Crippen LogP) is 4.41. The van der Waals surface area contributed by atoms with Crippen LogP contribution in [0.2, 0.25) is 0 Å². The summed E-state index contributed by atoms with van der Waals surface area (Å²) in [5, 5.41) is 11.1. The summed E-state index contributed by atoms with van der Waals surface area (Å²) in [7, 11) is 0. The van der Waals surface area contributed by atoms with Crippen molar-refractivity contribution in [2.45, 2.75) is 12.6 Å². The molecule has 0 N–H and O–H groups in total. The highest BCUT2D eigenvalue weighted by atomic mass is 79.9. The minimum absolute atomic E-state index is 0.197. The van der Waals surface area contributed by atoms with Crippen LogP contribution in [0.4, 0.5) is 18.9 Å². The summed E-state index contributed by atoms with van der Waals surface area (Å²) in [6, 6.07) is 2.50. The monoisotopic (exact) mass is 323 g/mol. The fraction of sp³-hybridized carbons (Fsp3) is 0.273. The van der Waals surface area contributed by atoms with Crippen LogP contribution in [0.25, 0.3) is 6.08 Å². The standard InChI is InChI=1S/C11H9BrF3NO2/c12-6-2-1-3-8-7-9(16(17)18)4-5-10(8)11(13,14)15/h1,3-5,7H,2,6H2. The molecular formula is C11H9BrF3NO2. The van der Waals surface area contributed by atoms with Crippen molar-refractivity contribution in [3.8, 4) is 0 Å². The number of hydrogen-bond donors (Lipinski definition) is 0. The molecule has 0 unspecified atom stereocenters. The Morgan fingerprint density at radius 1 is 1.39 bits per heavy atom. The van der Waals surface area contributed by atoms with Gasteiger partial charge < -0.3 is 0 Å². The quantitative estimate of drug-likeness (QED) is 0.468. The van der Waals surface area contributed by atoms with Gasteiger partial charge >= 0.3 is 6.18 Å². The van der Waals surface area contributed by atoms with E-state index in [0.29, 0.717) is 11.8 Å². The number of rotatable bonds is 4. The number of hydrogen-bond acceptors (Lipinski definition) is 2. The molecule has 1 aromatic rings. The lowest BCUT2D eigenvalue weighted by Crippen LogP contribution is -2.07. The van der Waals surface area contributed by atoms with E-state index >= 15 is 0 Å². The van der Waals surface area contributed by atoms with Crippen LogP contribution in [0.5, 0.6) is 0 Å². The predicted molar refractivity (Wildman–Crippen MR) is 65.5 cm³/mol. The Bertz CT molecular complexity index is 472. The Kier molecular flexibility index (Phi) is 4.89. The van der Waals surface area contributed by atoms with Crippen molar-refractivity contribution in [3.05, 3.63) is 45.5 Å². The highest BCUT2D eigenvalue weighted by Gasteiger charge is 2.33. The zero-order chi connectivity index (χ0) is 13.8. The molecule has 0 radical (unpaired) electrons. The van der Waals surface area contributed by atoms with E-state index in [2.05, 4.69) is 15.9 Å². The molecule has 0 amide bonds. The van der Waals surface area contributed by atoms with Crippen molar-refractivity contribution in [2.24, 2.45) is 0 Å². The van der Waals surface area contributed by atoms with Crippen LogP contribution < -0.4 is 0 Å². The molecular weight excluding hydrogens is 315 g/mol. The van der Waals surface area contributed by atoms with Crippen LogP contribution in [0.15, 0.2) is 24.3 Å². The van der Waals surface area contributed by atoms with E-state index in [1.807, 2.05) is 0 Å². The van der Waals surface area contributed by atoms with Gasteiger partial charge in [0.25, 0.3) is 5.69 Å². The second kappa shape index (κ2) is 5.99. The molecule has 0 heterocycles. The summed E-state index contributed by atoms with van der Waals surface area (Å²) in [5.41, 5.74) is -1.43. The van der Waals surface area contributed by atoms with Gasteiger partial charge in [-0.25, -0.2) is 0 Å². The third kappa shape index (κ3) is 3.83. The van der Waals surface area contributed by atoms with Crippen molar-refractivity contribution in [3.63, 3.8) is 0 Å². The van der Waals surface area contributed by atoms with Crippen molar-refractivity contribution < 1.29 is 18.1 Å². The lowest BCUT2D eigenvalue weighted by atomic mass is 10.1. The molecule has 3 nitrogen and oxygen atoms in total. The van der Waals surface area contributed by atoms with E-state index in [4.69, 9.17) is 0 Å². The van der Waals surface area contributed by atoms with Gasteiger partial charge in [0.15, 0.2) is 0 Å². The Morgan fingerprint density at radius 3 is 2.56 bits per heavy atom. The third-order valence-corrected chi connectivity index (χ3v) is 2.58. The molecule has 0 atom stereocenters. The Labute approximate surface area is 110 Å². The molecule has 0 bridgehead atoms. The van der Waals surface area contributed by atoms with Crippen LogP contribution in [0.3, 0.4) is 0 Å². The SMILES string of the molecule is O=[N+]([O-])c1ccc(C(F)(F)F)c(C=CCCBr)c1. The van der Waals surface area contributed by atoms with E-state index in [1.54, 1.807) is 0 Å². The van der Waals surface area contributed by atoms with E-state index in [-0.39, 0.29) is 11.3 Å². The lowest BCUT2D eigenvalue weighted by molar-refractivity contribution is -0.384. The van der Waals surface area contributed by atoms with Crippen molar-refractivity contribution >= 4 is 27.7 Å². The molecule has 0 spiro atoms. The lowest BCUT2D eigenvalue weighted by Gasteiger charge is -2.09. The number of halogens is 4. The topological polar surface area (TPSA) is 43.1 Å². The summed E-state index contributed by atoms with van der Waals surface area (Å²) in [4.78, 5) is 9.82. The van der Waals surface area contributed by atoms with Gasteiger partial charge in [-0.2, -0.15) is 13.2 Å². The first kappa shape index (κ1) is 14.7. The van der Waals surface area contributed by atoms with E-state index < -0.39 is 16.7 Å². The van der Waals surface area contributed by atoms with Crippen LogP contribution in [0.1, 0.15) is 17.5 Å². The Morgan fingerprint density at radius 2 is 2.06 bits per heavy atom. The first-order valence-electron chi connectivity index (χ1n) is 4.94. The summed E-state index contributed by atoms with van der Waals surface area (Å²) < 4.78 is 38.0. The van der Waals surface area contributed by atoms with E-state index in [9.17, 15) is 23.3 Å². The van der Waals surface area contributed by atoms with E-state index in [0.717, 1.165) is 18.2 Å². The molecule has 0 saturated heterocycles. The molecule has 0 saturated carbocycles. The first-order chi connectivity index (χ1) is 8.36. The molecule has 18 heavy (non-hydrogen) atoms. The van der Waals surface area contributed by atoms with Crippen molar-refractivity contribution in [1.82, 2.24) is 0 Å². The molecule has 0 aliphatic heterocycles.